The van der Waals surface area contributed by atoms with Crippen molar-refractivity contribution < 1.29 is 14.3 Å². The summed E-state index contributed by atoms with van der Waals surface area (Å²) >= 11 is 1.16. The van der Waals surface area contributed by atoms with Gasteiger partial charge < -0.3 is 10.1 Å². The molecular weight excluding hydrogens is 366 g/mol. The molecule has 7 nitrogen and oxygen atoms in total. The average molecular weight is 391 g/mol. The Morgan fingerprint density at radius 2 is 2.11 bits per heavy atom. The molecule has 1 amide bonds. The third kappa shape index (κ3) is 4.21. The lowest BCUT2D eigenvalue weighted by atomic mass is 10.2. The summed E-state index contributed by atoms with van der Waals surface area (Å²) < 4.78 is 6.83. The van der Waals surface area contributed by atoms with Gasteiger partial charge in [-0.15, -0.1) is 11.3 Å². The van der Waals surface area contributed by atoms with Gasteiger partial charge in [-0.25, -0.2) is 9.78 Å². The summed E-state index contributed by atoms with van der Waals surface area (Å²) in [5, 5.41) is 3.23. The van der Waals surface area contributed by atoms with Gasteiger partial charge in [0.2, 0.25) is 0 Å². The fourth-order valence-corrected chi connectivity index (χ4v) is 4.38. The van der Waals surface area contributed by atoms with Crippen LogP contribution in [0, 0.1) is 6.92 Å². The van der Waals surface area contributed by atoms with Crippen molar-refractivity contribution in [1.29, 1.82) is 0 Å². The summed E-state index contributed by atoms with van der Waals surface area (Å²) in [6.07, 6.45) is 5.98. The van der Waals surface area contributed by atoms with Gasteiger partial charge in [0.15, 0.2) is 6.61 Å². The van der Waals surface area contributed by atoms with E-state index in [1.807, 2.05) is 0 Å². The van der Waals surface area contributed by atoms with Crippen LogP contribution in [0.15, 0.2) is 4.79 Å². The summed E-state index contributed by atoms with van der Waals surface area (Å²) in [7, 11) is 0. The van der Waals surface area contributed by atoms with Crippen molar-refractivity contribution in [3.05, 3.63) is 26.6 Å². The van der Waals surface area contributed by atoms with Gasteiger partial charge >= 0.3 is 5.97 Å². The first-order valence-corrected chi connectivity index (χ1v) is 10.3. The van der Waals surface area contributed by atoms with Crippen molar-refractivity contribution in [1.82, 2.24) is 14.9 Å². The molecule has 0 aromatic carbocycles. The highest BCUT2D eigenvalue weighted by atomic mass is 32.1. The molecule has 2 aromatic heterocycles. The zero-order chi connectivity index (χ0) is 19.4. The highest BCUT2D eigenvalue weighted by Gasteiger charge is 2.24. The molecule has 27 heavy (non-hydrogen) atoms. The molecule has 0 aliphatic carbocycles. The van der Waals surface area contributed by atoms with Crippen LogP contribution < -0.4 is 10.9 Å². The molecule has 0 radical (unpaired) electrons. The number of thiophene rings is 1. The maximum absolute atomic E-state index is 12.6. The number of nitrogens with zero attached hydrogens (tertiary/aromatic N) is 2. The molecule has 8 heteroatoms. The summed E-state index contributed by atoms with van der Waals surface area (Å²) in [5.74, 6) is -0.118. The second-order valence-electron chi connectivity index (χ2n) is 6.81. The molecule has 0 spiro atoms. The number of carbonyl (C=O) groups is 2. The van der Waals surface area contributed by atoms with Crippen LogP contribution in [0.5, 0.6) is 0 Å². The number of hydrogen-bond acceptors (Lipinski definition) is 6. The molecule has 0 fully saturated rings. The highest BCUT2D eigenvalue weighted by molar-refractivity contribution is 7.20. The number of nitrogens with one attached hydrogen (secondary N) is 1. The molecule has 146 valence electrons. The minimum Gasteiger partial charge on any atom is -0.451 e. The van der Waals surface area contributed by atoms with Crippen LogP contribution in [-0.2, 0) is 22.5 Å². The smallest absolute Gasteiger partial charge is 0.349 e. The molecule has 1 aliphatic rings. The summed E-state index contributed by atoms with van der Waals surface area (Å²) in [5.41, 5.74) is 0.491. The number of aromatic nitrogens is 2. The maximum Gasteiger partial charge on any atom is 0.349 e. The number of amides is 1. The van der Waals surface area contributed by atoms with Crippen LogP contribution in [0.4, 0.5) is 0 Å². The molecule has 2 aromatic rings. The van der Waals surface area contributed by atoms with E-state index >= 15 is 0 Å². The Kier molecular flexibility index (Phi) is 6.26. The van der Waals surface area contributed by atoms with Crippen LogP contribution >= 0.6 is 11.3 Å². The third-order valence-electron chi connectivity index (χ3n) is 4.78. The Morgan fingerprint density at radius 3 is 2.89 bits per heavy atom. The van der Waals surface area contributed by atoms with E-state index in [1.165, 1.54) is 0 Å². The summed E-state index contributed by atoms with van der Waals surface area (Å²) in [4.78, 5) is 42.3. The molecule has 1 aliphatic heterocycles. The Balaban J connectivity index is 1.63. The Morgan fingerprint density at radius 1 is 1.30 bits per heavy atom. The summed E-state index contributed by atoms with van der Waals surface area (Å²) in [6.45, 7) is 4.80. The summed E-state index contributed by atoms with van der Waals surface area (Å²) in [6, 6.07) is 0. The van der Waals surface area contributed by atoms with E-state index in [0.29, 0.717) is 33.7 Å². The first-order chi connectivity index (χ1) is 13.0. The normalized spacial score (nSPS) is 13.0. The largest absolute Gasteiger partial charge is 0.451 e. The zero-order valence-corrected chi connectivity index (χ0v) is 16.6. The van der Waals surface area contributed by atoms with Gasteiger partial charge in [-0.3, -0.25) is 14.2 Å². The SMILES string of the molecule is CCCCCCNC(=O)COC(=O)c1sc2nc3n(c(=O)c2c1C)CCC3. The van der Waals surface area contributed by atoms with E-state index < -0.39 is 5.97 Å². The number of esters is 1. The second kappa shape index (κ2) is 8.65. The van der Waals surface area contributed by atoms with Crippen LogP contribution in [0.2, 0.25) is 0 Å². The number of unbranched alkanes of at least 4 members (excludes halogenated alkanes) is 3. The lowest BCUT2D eigenvalue weighted by Gasteiger charge is -2.06. The standard InChI is InChI=1S/C19H25N3O4S/c1-3-4-5-6-9-20-14(23)11-26-19(25)16-12(2)15-17(27-16)21-13-8-7-10-22(13)18(15)24/h3-11H2,1-2H3,(H,20,23). The predicted molar refractivity (Wildman–Crippen MR) is 104 cm³/mol. The van der Waals surface area contributed by atoms with Gasteiger partial charge in [0.05, 0.1) is 5.39 Å². The molecule has 1 N–H and O–H groups in total. The lowest BCUT2D eigenvalue weighted by molar-refractivity contribution is -0.124. The number of fused-ring (bicyclic) bond motifs is 2. The average Bonchev–Trinajstić information content (AvgIpc) is 3.25. The first-order valence-electron chi connectivity index (χ1n) is 9.49. The molecule has 0 saturated carbocycles. The minimum absolute atomic E-state index is 0.0925. The minimum atomic E-state index is -0.582. The number of rotatable bonds is 8. The fraction of sp³-hybridized carbons (Fsp3) is 0.579. The monoisotopic (exact) mass is 391 g/mol. The zero-order valence-electron chi connectivity index (χ0n) is 15.8. The van der Waals surface area contributed by atoms with Crippen molar-refractivity contribution in [3.63, 3.8) is 0 Å². The number of carbonyl (C=O) groups excluding carboxylic acids is 2. The van der Waals surface area contributed by atoms with Crippen LogP contribution in [0.3, 0.4) is 0 Å². The first kappa shape index (κ1) is 19.5. The van der Waals surface area contributed by atoms with Crippen molar-refractivity contribution in [2.24, 2.45) is 0 Å². The topological polar surface area (TPSA) is 90.3 Å². The molecule has 0 unspecified atom stereocenters. The lowest BCUT2D eigenvalue weighted by Crippen LogP contribution is -2.29. The third-order valence-corrected chi connectivity index (χ3v) is 5.95. The molecule has 0 bridgehead atoms. The van der Waals surface area contributed by atoms with Crippen LogP contribution in [0.25, 0.3) is 10.2 Å². The van der Waals surface area contributed by atoms with Gasteiger partial charge in [-0.05, 0) is 25.3 Å². The number of ether oxygens (including phenoxy) is 1. The van der Waals surface area contributed by atoms with Gasteiger partial charge in [-0.1, -0.05) is 26.2 Å². The molecule has 3 rings (SSSR count). The Bertz CT molecular complexity index is 916. The van der Waals surface area contributed by atoms with Crippen molar-refractivity contribution in [2.75, 3.05) is 13.2 Å². The molecule has 3 heterocycles. The van der Waals surface area contributed by atoms with Crippen LogP contribution in [0.1, 0.15) is 60.1 Å². The quantitative estimate of drug-likeness (QED) is 0.552. The molecule has 0 saturated heterocycles. The van der Waals surface area contributed by atoms with Gasteiger partial charge in [0.1, 0.15) is 15.5 Å². The van der Waals surface area contributed by atoms with Gasteiger partial charge in [0, 0.05) is 19.5 Å². The van der Waals surface area contributed by atoms with E-state index in [4.69, 9.17) is 4.74 Å². The second-order valence-corrected chi connectivity index (χ2v) is 7.81. The molecular formula is C19H25N3O4S. The Hall–Kier alpha value is -2.22. The van der Waals surface area contributed by atoms with E-state index in [0.717, 1.165) is 55.7 Å². The van der Waals surface area contributed by atoms with Gasteiger partial charge in [0.25, 0.3) is 11.5 Å². The van der Waals surface area contributed by atoms with Gasteiger partial charge in [-0.2, -0.15) is 0 Å². The maximum atomic E-state index is 12.6. The van der Waals surface area contributed by atoms with Crippen LogP contribution in [-0.4, -0.2) is 34.6 Å². The van der Waals surface area contributed by atoms with E-state index in [1.54, 1.807) is 11.5 Å². The predicted octanol–water partition coefficient (Wildman–Crippen LogP) is 2.57. The Labute approximate surface area is 161 Å². The fourth-order valence-electron chi connectivity index (χ4n) is 3.30. The van der Waals surface area contributed by atoms with E-state index in [9.17, 15) is 14.4 Å². The molecule has 0 atom stereocenters. The highest BCUT2D eigenvalue weighted by Crippen LogP contribution is 2.29. The van der Waals surface area contributed by atoms with E-state index in [2.05, 4.69) is 17.2 Å². The number of hydrogen-bond donors (Lipinski definition) is 1. The van der Waals surface area contributed by atoms with Crippen molar-refractivity contribution in [2.45, 2.75) is 58.9 Å². The number of aryl methyl sites for hydroxylation is 2. The van der Waals surface area contributed by atoms with E-state index in [-0.39, 0.29) is 18.1 Å². The van der Waals surface area contributed by atoms with Crippen molar-refractivity contribution >= 4 is 33.4 Å². The van der Waals surface area contributed by atoms with Crippen molar-refractivity contribution in [3.8, 4) is 0 Å².